The number of hydrogen-bond acceptors (Lipinski definition) is 3. The van der Waals surface area contributed by atoms with E-state index in [0.29, 0.717) is 6.04 Å². The Morgan fingerprint density at radius 1 is 1.20 bits per heavy atom. The highest BCUT2D eigenvalue weighted by atomic mass is 16.5. The number of anilines is 1. The fraction of sp³-hybridized carbons (Fsp3) is 0.353. The van der Waals surface area contributed by atoms with Gasteiger partial charge in [0.25, 0.3) is 0 Å². The van der Waals surface area contributed by atoms with Crippen LogP contribution in [0.2, 0.25) is 0 Å². The molecule has 0 bridgehead atoms. The van der Waals surface area contributed by atoms with Crippen LogP contribution in [0, 0.1) is 20.8 Å². The molecule has 1 aromatic heterocycles. The minimum absolute atomic E-state index is 0.480. The van der Waals surface area contributed by atoms with Crippen LogP contribution < -0.4 is 5.32 Å². The summed E-state index contributed by atoms with van der Waals surface area (Å²) in [5, 5.41) is 7.66. The van der Waals surface area contributed by atoms with Gasteiger partial charge in [0.05, 0.1) is 11.7 Å². The van der Waals surface area contributed by atoms with Crippen LogP contribution in [0.1, 0.15) is 30.4 Å². The largest absolute Gasteiger partial charge is 0.378 e. The van der Waals surface area contributed by atoms with Crippen molar-refractivity contribution in [2.75, 3.05) is 5.32 Å². The first kappa shape index (κ1) is 13.0. The zero-order chi connectivity index (χ0) is 14.3. The van der Waals surface area contributed by atoms with Crippen molar-refractivity contribution in [3.63, 3.8) is 0 Å². The van der Waals surface area contributed by atoms with Crippen LogP contribution in [0.5, 0.6) is 0 Å². The van der Waals surface area contributed by atoms with Gasteiger partial charge < -0.3 is 9.84 Å². The Bertz CT molecular complexity index is 663. The fourth-order valence-electron chi connectivity index (χ4n) is 2.66. The summed E-state index contributed by atoms with van der Waals surface area (Å²) in [6.07, 6.45) is 3.38. The van der Waals surface area contributed by atoms with Crippen LogP contribution in [0.15, 0.2) is 34.4 Å². The van der Waals surface area contributed by atoms with Gasteiger partial charge >= 0.3 is 0 Å². The Balaban J connectivity index is 1.96. The molecule has 0 radical (unpaired) electrons. The number of benzene rings is 1. The molecule has 1 N–H and O–H groups in total. The Labute approximate surface area is 119 Å². The summed E-state index contributed by atoms with van der Waals surface area (Å²) in [5.41, 5.74) is 7.09. The zero-order valence-electron chi connectivity index (χ0n) is 12.4. The third-order valence-electron chi connectivity index (χ3n) is 4.11. The first-order chi connectivity index (χ1) is 9.56. The molecule has 0 amide bonds. The minimum atomic E-state index is 0.480. The summed E-state index contributed by atoms with van der Waals surface area (Å²) in [6.45, 7) is 8.25. The summed E-state index contributed by atoms with van der Waals surface area (Å²) in [7, 11) is 0. The Morgan fingerprint density at radius 2 is 2.00 bits per heavy atom. The summed E-state index contributed by atoms with van der Waals surface area (Å²) >= 11 is 0. The second-order valence-corrected chi connectivity index (χ2v) is 5.61. The van der Waals surface area contributed by atoms with E-state index in [-0.39, 0.29) is 0 Å². The van der Waals surface area contributed by atoms with Gasteiger partial charge in [-0.05, 0) is 51.3 Å². The minimum Gasteiger partial charge on any atom is -0.378 e. The summed E-state index contributed by atoms with van der Waals surface area (Å²) in [6, 6.07) is 6.97. The molecule has 3 heteroatoms. The number of nitrogens with zero attached hydrogens (tertiary/aromatic N) is 1. The summed E-state index contributed by atoms with van der Waals surface area (Å²) in [5.74, 6) is 0.872. The third kappa shape index (κ3) is 2.13. The van der Waals surface area contributed by atoms with Gasteiger partial charge in [-0.25, -0.2) is 0 Å². The van der Waals surface area contributed by atoms with E-state index >= 15 is 0 Å². The van der Waals surface area contributed by atoms with Gasteiger partial charge in [-0.1, -0.05) is 28.9 Å². The van der Waals surface area contributed by atoms with Crippen molar-refractivity contribution < 1.29 is 4.52 Å². The van der Waals surface area contributed by atoms with Crippen molar-refractivity contribution >= 4 is 5.69 Å². The number of rotatable bonds is 3. The fourth-order valence-corrected chi connectivity index (χ4v) is 2.66. The van der Waals surface area contributed by atoms with Gasteiger partial charge in [-0.2, -0.15) is 0 Å². The highest BCUT2D eigenvalue weighted by molar-refractivity contribution is 5.73. The lowest BCUT2D eigenvalue weighted by Gasteiger charge is -2.27. The molecule has 0 spiro atoms. The lowest BCUT2D eigenvalue weighted by Crippen LogP contribution is -2.26. The van der Waals surface area contributed by atoms with Gasteiger partial charge in [0.1, 0.15) is 5.76 Å². The van der Waals surface area contributed by atoms with Gasteiger partial charge in [0.2, 0.25) is 0 Å². The highest BCUT2D eigenvalue weighted by Crippen LogP contribution is 2.32. The average molecular weight is 268 g/mol. The van der Waals surface area contributed by atoms with Gasteiger partial charge in [-0.15, -0.1) is 0 Å². The smallest absolute Gasteiger partial charge is 0.141 e. The number of nitrogens with one attached hydrogen (secondary N) is 1. The van der Waals surface area contributed by atoms with Crippen LogP contribution in [0.25, 0.3) is 11.1 Å². The lowest BCUT2D eigenvalue weighted by atomic mass is 9.92. The molecule has 104 valence electrons. The van der Waals surface area contributed by atoms with E-state index in [1.807, 2.05) is 13.8 Å². The van der Waals surface area contributed by atoms with Crippen LogP contribution >= 0.6 is 0 Å². The highest BCUT2D eigenvalue weighted by Gasteiger charge is 2.18. The normalized spacial score (nSPS) is 17.6. The Kier molecular flexibility index (Phi) is 3.13. The Hall–Kier alpha value is -2.03. The van der Waals surface area contributed by atoms with Crippen LogP contribution in [-0.4, -0.2) is 11.2 Å². The molecular weight excluding hydrogens is 248 g/mol. The molecule has 3 rings (SSSR count). The van der Waals surface area contributed by atoms with Gasteiger partial charge in [0, 0.05) is 11.3 Å². The molecule has 1 heterocycles. The molecule has 20 heavy (non-hydrogen) atoms. The molecule has 1 aliphatic rings. The molecule has 3 nitrogen and oxygen atoms in total. The maximum absolute atomic E-state index is 5.27. The van der Waals surface area contributed by atoms with E-state index in [2.05, 4.69) is 48.6 Å². The van der Waals surface area contributed by atoms with E-state index in [1.54, 1.807) is 0 Å². The molecule has 0 aliphatic heterocycles. The quantitative estimate of drug-likeness (QED) is 0.838. The molecule has 1 aliphatic carbocycles. The third-order valence-corrected chi connectivity index (χ3v) is 4.11. The molecular formula is C17H20N2O. The average Bonchev–Trinajstić information content (AvgIpc) is 2.76. The van der Waals surface area contributed by atoms with Gasteiger partial charge in [0.15, 0.2) is 0 Å². The number of aromatic nitrogens is 1. The molecule has 1 atom stereocenters. The maximum atomic E-state index is 5.27. The molecule has 0 saturated heterocycles. The molecule has 2 aromatic rings. The van der Waals surface area contributed by atoms with E-state index in [0.717, 1.165) is 29.0 Å². The van der Waals surface area contributed by atoms with Crippen molar-refractivity contribution in [3.05, 3.63) is 46.9 Å². The van der Waals surface area contributed by atoms with Crippen molar-refractivity contribution in [1.82, 2.24) is 5.16 Å². The lowest BCUT2D eigenvalue weighted by molar-refractivity contribution is 0.393. The van der Waals surface area contributed by atoms with Crippen molar-refractivity contribution in [3.8, 4) is 11.1 Å². The maximum Gasteiger partial charge on any atom is 0.141 e. The van der Waals surface area contributed by atoms with Gasteiger partial charge in [-0.3, -0.25) is 0 Å². The van der Waals surface area contributed by atoms with Crippen LogP contribution in [-0.2, 0) is 0 Å². The first-order valence-corrected chi connectivity index (χ1v) is 7.03. The van der Waals surface area contributed by atoms with E-state index in [9.17, 15) is 0 Å². The Morgan fingerprint density at radius 3 is 2.55 bits per heavy atom. The van der Waals surface area contributed by atoms with Crippen LogP contribution in [0.3, 0.4) is 0 Å². The predicted octanol–water partition coefficient (Wildman–Crippen LogP) is 4.40. The standard InChI is InChI=1S/C17H20N2O/c1-10-6-8-15(10)18-16-9-14(7-5-11(16)2)17-12(3)19-20-13(17)4/h5-7,9,15,18H,8H2,1-4H3/t15-/m1/s1. The predicted molar refractivity (Wildman–Crippen MR) is 81.9 cm³/mol. The van der Waals surface area contributed by atoms with E-state index in [4.69, 9.17) is 4.52 Å². The molecule has 0 saturated carbocycles. The SMILES string of the molecule is CC1=CC[C@H]1Nc1cc(-c2c(C)noc2C)ccc1C. The van der Waals surface area contributed by atoms with E-state index in [1.165, 1.54) is 16.8 Å². The number of hydrogen-bond donors (Lipinski definition) is 1. The topological polar surface area (TPSA) is 38.1 Å². The second kappa shape index (κ2) is 4.82. The first-order valence-electron chi connectivity index (χ1n) is 7.03. The van der Waals surface area contributed by atoms with Crippen molar-refractivity contribution in [2.24, 2.45) is 0 Å². The molecule has 0 unspecified atom stereocenters. The zero-order valence-corrected chi connectivity index (χ0v) is 12.4. The van der Waals surface area contributed by atoms with Crippen molar-refractivity contribution in [2.45, 2.75) is 40.2 Å². The number of aryl methyl sites for hydroxylation is 3. The summed E-state index contributed by atoms with van der Waals surface area (Å²) in [4.78, 5) is 0. The monoisotopic (exact) mass is 268 g/mol. The molecule has 0 fully saturated rings. The van der Waals surface area contributed by atoms with Crippen molar-refractivity contribution in [1.29, 1.82) is 0 Å². The summed E-state index contributed by atoms with van der Waals surface area (Å²) < 4.78 is 5.27. The van der Waals surface area contributed by atoms with Crippen LogP contribution in [0.4, 0.5) is 5.69 Å². The van der Waals surface area contributed by atoms with E-state index < -0.39 is 0 Å². The molecule has 1 aromatic carbocycles. The second-order valence-electron chi connectivity index (χ2n) is 5.61.